The van der Waals surface area contributed by atoms with Crippen LogP contribution >= 0.6 is 15.9 Å². The van der Waals surface area contributed by atoms with Gasteiger partial charge < -0.3 is 4.23 Å². The van der Waals surface area contributed by atoms with E-state index >= 15 is 0 Å². The van der Waals surface area contributed by atoms with E-state index in [1.165, 1.54) is 5.39 Å². The van der Waals surface area contributed by atoms with Gasteiger partial charge in [0.1, 0.15) is 5.65 Å². The van der Waals surface area contributed by atoms with Crippen molar-refractivity contribution in [3.05, 3.63) is 29.0 Å². The summed E-state index contributed by atoms with van der Waals surface area (Å²) in [5.41, 5.74) is 2.50. The first-order valence-corrected chi connectivity index (χ1v) is 9.90. The zero-order valence-corrected chi connectivity index (χ0v) is 14.3. The molecule has 0 atom stereocenters. The first kappa shape index (κ1) is 13.8. The van der Waals surface area contributed by atoms with Crippen LogP contribution in [0.1, 0.15) is 27.7 Å². The highest BCUT2D eigenvalue weighted by molar-refractivity contribution is 9.10. The van der Waals surface area contributed by atoms with E-state index in [-0.39, 0.29) is 0 Å². The molecule has 0 radical (unpaired) electrons. The Bertz CT molecular complexity index is 552. The Morgan fingerprint density at radius 3 is 2.33 bits per heavy atom. The van der Waals surface area contributed by atoms with Crippen LogP contribution in [0.25, 0.3) is 11.0 Å². The Morgan fingerprint density at radius 2 is 1.78 bits per heavy atom. The van der Waals surface area contributed by atoms with Gasteiger partial charge >= 0.3 is 0 Å². The number of nitrogens with zero attached hydrogens (tertiary/aromatic N) is 2. The van der Waals surface area contributed by atoms with Crippen molar-refractivity contribution in [2.75, 3.05) is 0 Å². The minimum atomic E-state index is -1.58. The Balaban J connectivity index is 2.70. The molecule has 0 unspecified atom stereocenters. The molecule has 2 nitrogen and oxygen atoms in total. The van der Waals surface area contributed by atoms with E-state index in [0.717, 1.165) is 10.1 Å². The average molecular weight is 325 g/mol. The van der Waals surface area contributed by atoms with Crippen molar-refractivity contribution in [3.8, 4) is 0 Å². The first-order chi connectivity index (χ1) is 8.39. The van der Waals surface area contributed by atoms with Crippen LogP contribution in [0.5, 0.6) is 0 Å². The topological polar surface area (TPSA) is 17.8 Å². The molecule has 98 valence electrons. The molecule has 0 aliphatic heterocycles. The Morgan fingerprint density at radius 1 is 1.17 bits per heavy atom. The molecule has 18 heavy (non-hydrogen) atoms. The summed E-state index contributed by atoms with van der Waals surface area (Å²) in [4.78, 5) is 4.60. The predicted molar refractivity (Wildman–Crippen MR) is 84.6 cm³/mol. The van der Waals surface area contributed by atoms with E-state index in [1.54, 1.807) is 0 Å². The van der Waals surface area contributed by atoms with Crippen LogP contribution < -0.4 is 0 Å². The molecule has 0 aliphatic carbocycles. The van der Waals surface area contributed by atoms with Crippen LogP contribution in [0.15, 0.2) is 29.0 Å². The van der Waals surface area contributed by atoms with Crippen LogP contribution in [0.3, 0.4) is 0 Å². The lowest BCUT2D eigenvalue weighted by molar-refractivity contribution is 0.849. The van der Waals surface area contributed by atoms with E-state index in [4.69, 9.17) is 0 Å². The van der Waals surface area contributed by atoms with Crippen LogP contribution in [-0.2, 0) is 0 Å². The number of rotatable bonds is 3. The van der Waals surface area contributed by atoms with Crippen LogP contribution in [0.4, 0.5) is 0 Å². The number of halogens is 1. The first-order valence-electron chi connectivity index (χ1n) is 6.51. The third-order valence-electron chi connectivity index (χ3n) is 4.39. The van der Waals surface area contributed by atoms with E-state index in [2.05, 4.69) is 71.7 Å². The summed E-state index contributed by atoms with van der Waals surface area (Å²) < 4.78 is 3.61. The Kier molecular flexibility index (Phi) is 3.69. The molecule has 0 spiro atoms. The lowest BCUT2D eigenvalue weighted by atomic mass is 10.3. The molecule has 2 aromatic rings. The van der Waals surface area contributed by atoms with Gasteiger partial charge in [-0.2, -0.15) is 0 Å². The number of pyridine rings is 1. The third-order valence-corrected chi connectivity index (χ3v) is 11.2. The van der Waals surface area contributed by atoms with Gasteiger partial charge in [0.05, 0.1) is 0 Å². The summed E-state index contributed by atoms with van der Waals surface area (Å²) in [6.45, 7) is 11.8. The number of aromatic nitrogens is 2. The molecule has 0 saturated carbocycles. The average Bonchev–Trinajstić information content (AvgIpc) is 2.73. The second-order valence-electron chi connectivity index (χ2n) is 5.75. The number of fused-ring (bicyclic) bond motifs is 1. The largest absolute Gasteiger partial charge is 0.359 e. The highest BCUT2D eigenvalue weighted by atomic mass is 79.9. The fourth-order valence-electron chi connectivity index (χ4n) is 2.62. The van der Waals surface area contributed by atoms with Gasteiger partial charge in [-0.1, -0.05) is 34.2 Å². The van der Waals surface area contributed by atoms with Gasteiger partial charge in [-0.15, -0.1) is 0 Å². The molecule has 0 N–H and O–H groups in total. The molecule has 2 aromatic heterocycles. The molecular weight excluding hydrogens is 304 g/mol. The normalized spacial score (nSPS) is 12.9. The molecule has 4 heteroatoms. The van der Waals surface area contributed by atoms with Gasteiger partial charge in [0.2, 0.25) is 0 Å². The van der Waals surface area contributed by atoms with Crippen molar-refractivity contribution < 1.29 is 0 Å². The fraction of sp³-hybridized carbons (Fsp3) is 0.500. The molecule has 0 saturated heterocycles. The third kappa shape index (κ3) is 1.95. The van der Waals surface area contributed by atoms with E-state index in [9.17, 15) is 0 Å². The molecule has 0 fully saturated rings. The van der Waals surface area contributed by atoms with E-state index in [1.807, 2.05) is 12.3 Å². The number of hydrogen-bond acceptors (Lipinski definition) is 1. The zero-order chi connectivity index (χ0) is 13.5. The maximum Gasteiger partial charge on any atom is 0.165 e. The van der Waals surface area contributed by atoms with Gasteiger partial charge in [-0.3, -0.25) is 0 Å². The minimum Gasteiger partial charge on any atom is -0.359 e. The Labute approximate surface area is 119 Å². The molecule has 2 heterocycles. The highest BCUT2D eigenvalue weighted by Crippen LogP contribution is 2.36. The summed E-state index contributed by atoms with van der Waals surface area (Å²) >= 11 is 3.61. The monoisotopic (exact) mass is 324 g/mol. The lowest BCUT2D eigenvalue weighted by Crippen LogP contribution is -2.45. The van der Waals surface area contributed by atoms with Gasteiger partial charge in [0.15, 0.2) is 8.24 Å². The van der Waals surface area contributed by atoms with Crippen LogP contribution in [-0.4, -0.2) is 17.5 Å². The van der Waals surface area contributed by atoms with Crippen molar-refractivity contribution in [1.82, 2.24) is 9.22 Å². The number of hydrogen-bond donors (Lipinski definition) is 0. The minimum absolute atomic E-state index is 0.689. The van der Waals surface area contributed by atoms with Crippen molar-refractivity contribution >= 4 is 35.2 Å². The van der Waals surface area contributed by atoms with Crippen molar-refractivity contribution in [2.24, 2.45) is 0 Å². The van der Waals surface area contributed by atoms with Crippen molar-refractivity contribution in [1.29, 1.82) is 0 Å². The maximum atomic E-state index is 4.60. The maximum absolute atomic E-state index is 4.60. The van der Waals surface area contributed by atoms with Gasteiger partial charge in [-0.25, -0.2) is 4.98 Å². The summed E-state index contributed by atoms with van der Waals surface area (Å²) in [5.74, 6) is 0. The van der Waals surface area contributed by atoms with Crippen LogP contribution in [0.2, 0.25) is 17.6 Å². The molecule has 0 aliphatic rings. The summed E-state index contributed by atoms with van der Waals surface area (Å²) in [7, 11) is -1.58. The second-order valence-corrected chi connectivity index (χ2v) is 11.8. The smallest absolute Gasteiger partial charge is 0.165 e. The summed E-state index contributed by atoms with van der Waals surface area (Å²) in [5, 5.41) is 1.22. The second kappa shape index (κ2) is 4.81. The quantitative estimate of drug-likeness (QED) is 0.723. The summed E-state index contributed by atoms with van der Waals surface area (Å²) in [6, 6.07) is 4.19. The van der Waals surface area contributed by atoms with Crippen LogP contribution in [0, 0.1) is 0 Å². The highest BCUT2D eigenvalue weighted by Gasteiger charge is 2.38. The zero-order valence-electron chi connectivity index (χ0n) is 11.7. The predicted octanol–water partition coefficient (Wildman–Crippen LogP) is 5.04. The molecular formula is C14H21BrN2Si. The fourth-order valence-corrected chi connectivity index (χ4v) is 6.52. The van der Waals surface area contributed by atoms with Crippen molar-refractivity contribution in [2.45, 2.75) is 45.3 Å². The van der Waals surface area contributed by atoms with Crippen molar-refractivity contribution in [3.63, 3.8) is 0 Å². The van der Waals surface area contributed by atoms with Gasteiger partial charge in [0, 0.05) is 16.1 Å². The SMILES string of the molecule is CC(C)[Si](C)(C(C)C)n1ccc2c(Br)ccnc21. The van der Waals surface area contributed by atoms with Gasteiger partial charge in [-0.05, 0) is 45.3 Å². The molecule has 2 rings (SSSR count). The van der Waals surface area contributed by atoms with Gasteiger partial charge in [0.25, 0.3) is 0 Å². The van der Waals surface area contributed by atoms with E-state index < -0.39 is 8.24 Å². The Hall–Kier alpha value is -0.613. The molecule has 0 bridgehead atoms. The lowest BCUT2D eigenvalue weighted by Gasteiger charge is -2.37. The summed E-state index contributed by atoms with van der Waals surface area (Å²) in [6.07, 6.45) is 4.12. The molecule has 0 amide bonds. The molecule has 0 aromatic carbocycles. The standard InChI is InChI=1S/C14H21BrN2Si/c1-10(2)18(5,11(3)4)17-9-7-12-13(15)6-8-16-14(12)17/h6-11H,1-5H3. The van der Waals surface area contributed by atoms with E-state index in [0.29, 0.717) is 11.1 Å².